The van der Waals surface area contributed by atoms with Gasteiger partial charge in [0, 0.05) is 11.3 Å². The molecule has 0 aliphatic rings. The second kappa shape index (κ2) is 8.64. The molecule has 0 radical (unpaired) electrons. The summed E-state index contributed by atoms with van der Waals surface area (Å²) < 4.78 is 57.3. The molecule has 8 nitrogen and oxygen atoms in total. The fourth-order valence-electron chi connectivity index (χ4n) is 2.84. The van der Waals surface area contributed by atoms with Gasteiger partial charge in [-0.1, -0.05) is 19.1 Å². The molecule has 0 saturated heterocycles. The first-order valence-electron chi connectivity index (χ1n) is 9.42. The van der Waals surface area contributed by atoms with Crippen LogP contribution < -0.4 is 9.46 Å². The number of nitrogens with zero attached hydrogens (tertiary/aromatic N) is 2. The van der Waals surface area contributed by atoms with Gasteiger partial charge in [-0.2, -0.15) is 0 Å². The van der Waals surface area contributed by atoms with Gasteiger partial charge >= 0.3 is 0 Å². The van der Waals surface area contributed by atoms with Crippen LogP contribution in [-0.4, -0.2) is 39.9 Å². The van der Waals surface area contributed by atoms with E-state index < -0.39 is 19.9 Å². The van der Waals surface area contributed by atoms with Crippen molar-refractivity contribution in [3.05, 3.63) is 59.7 Å². The average molecular weight is 462 g/mol. The van der Waals surface area contributed by atoms with Gasteiger partial charge in [-0.25, -0.2) is 16.8 Å². The largest absolute Gasteiger partial charge is 0.495 e. The minimum Gasteiger partial charge on any atom is -0.495 e. The summed E-state index contributed by atoms with van der Waals surface area (Å²) in [6.07, 6.45) is 0. The van der Waals surface area contributed by atoms with Crippen molar-refractivity contribution in [3.63, 3.8) is 0 Å². The topological polar surface area (TPSA) is 115 Å². The van der Waals surface area contributed by atoms with Crippen LogP contribution in [0.4, 0.5) is 5.69 Å². The second-order valence-corrected chi connectivity index (χ2v) is 10.8. The molecular weight excluding hydrogens is 438 g/mol. The van der Waals surface area contributed by atoms with Gasteiger partial charge in [0.1, 0.15) is 10.6 Å². The van der Waals surface area contributed by atoms with Crippen molar-refractivity contribution < 1.29 is 21.6 Å². The highest BCUT2D eigenvalue weighted by Crippen LogP contribution is 2.29. The first-order chi connectivity index (χ1) is 14.6. The Morgan fingerprint density at radius 2 is 1.55 bits per heavy atom. The maximum absolute atomic E-state index is 12.9. The monoisotopic (exact) mass is 461 g/mol. The van der Waals surface area contributed by atoms with E-state index in [1.54, 1.807) is 42.5 Å². The third-order valence-corrected chi connectivity index (χ3v) is 7.86. The zero-order valence-electron chi connectivity index (χ0n) is 17.6. The van der Waals surface area contributed by atoms with Crippen LogP contribution in [0.3, 0.4) is 0 Å². The first kappa shape index (κ1) is 22.7. The predicted octanol–water partition coefficient (Wildman–Crippen LogP) is 3.36. The van der Waals surface area contributed by atoms with Crippen molar-refractivity contribution >= 4 is 25.5 Å². The lowest BCUT2D eigenvalue weighted by atomic mass is 10.1. The lowest BCUT2D eigenvalue weighted by molar-refractivity contribution is 0.402. The van der Waals surface area contributed by atoms with E-state index in [-0.39, 0.29) is 21.4 Å². The normalized spacial score (nSPS) is 11.9. The molecule has 164 valence electrons. The van der Waals surface area contributed by atoms with Crippen LogP contribution in [0.15, 0.2) is 58.5 Å². The number of nitrogens with one attached hydrogen (secondary N) is 1. The lowest BCUT2D eigenvalue weighted by Gasteiger charge is -2.14. The minimum absolute atomic E-state index is 0.0544. The molecule has 10 heteroatoms. The summed E-state index contributed by atoms with van der Waals surface area (Å²) in [6, 6.07) is 12.8. The van der Waals surface area contributed by atoms with E-state index >= 15 is 0 Å². The van der Waals surface area contributed by atoms with Crippen LogP contribution in [0.25, 0.3) is 11.3 Å². The molecule has 0 spiro atoms. The maximum Gasteiger partial charge on any atom is 0.265 e. The smallest absolute Gasteiger partial charge is 0.265 e. The van der Waals surface area contributed by atoms with Crippen LogP contribution in [-0.2, 0) is 19.9 Å². The number of methoxy groups -OCH3 is 1. The summed E-state index contributed by atoms with van der Waals surface area (Å²) >= 11 is 0. The Morgan fingerprint density at radius 1 is 0.903 bits per heavy atom. The number of anilines is 1. The molecule has 1 N–H and O–H groups in total. The molecule has 0 unspecified atom stereocenters. The van der Waals surface area contributed by atoms with Crippen molar-refractivity contribution in [1.29, 1.82) is 0 Å². The number of hydrogen-bond donors (Lipinski definition) is 1. The van der Waals surface area contributed by atoms with E-state index in [9.17, 15) is 16.8 Å². The fourth-order valence-corrected chi connectivity index (χ4v) is 4.87. The molecular formula is C21H23N3O5S2. The minimum atomic E-state index is -3.87. The van der Waals surface area contributed by atoms with Gasteiger partial charge in [0.2, 0.25) is 0 Å². The zero-order valence-corrected chi connectivity index (χ0v) is 19.2. The number of ether oxygens (including phenoxy) is 1. The number of benzene rings is 2. The molecule has 0 aliphatic heterocycles. The number of aryl methyl sites for hydroxylation is 2. The highest BCUT2D eigenvalue weighted by Gasteiger charge is 2.21. The molecule has 3 aromatic rings. The maximum atomic E-state index is 12.9. The Hall–Kier alpha value is -2.98. The van der Waals surface area contributed by atoms with Gasteiger partial charge in [0.25, 0.3) is 10.0 Å². The van der Waals surface area contributed by atoms with E-state index in [4.69, 9.17) is 4.74 Å². The van der Waals surface area contributed by atoms with E-state index in [2.05, 4.69) is 14.9 Å². The van der Waals surface area contributed by atoms with Crippen molar-refractivity contribution in [2.24, 2.45) is 0 Å². The van der Waals surface area contributed by atoms with Gasteiger partial charge in [0.15, 0.2) is 14.9 Å². The van der Waals surface area contributed by atoms with Gasteiger partial charge in [0.05, 0.1) is 18.6 Å². The third-order valence-electron chi connectivity index (χ3n) is 4.84. The highest BCUT2D eigenvalue weighted by molar-refractivity contribution is 7.92. The molecule has 0 bridgehead atoms. The van der Waals surface area contributed by atoms with Crippen molar-refractivity contribution in [2.75, 3.05) is 17.6 Å². The summed E-state index contributed by atoms with van der Waals surface area (Å²) in [5.41, 5.74) is 3.27. The van der Waals surface area contributed by atoms with Gasteiger partial charge in [-0.15, -0.1) is 10.2 Å². The summed E-state index contributed by atoms with van der Waals surface area (Å²) in [4.78, 5) is 0.0563. The van der Waals surface area contributed by atoms with E-state index in [0.717, 1.165) is 11.1 Å². The zero-order chi connectivity index (χ0) is 22.8. The lowest BCUT2D eigenvalue weighted by Crippen LogP contribution is -2.14. The Morgan fingerprint density at radius 3 is 2.10 bits per heavy atom. The molecule has 0 aliphatic carbocycles. The number of rotatable bonds is 7. The van der Waals surface area contributed by atoms with Crippen molar-refractivity contribution in [2.45, 2.75) is 30.7 Å². The summed E-state index contributed by atoms with van der Waals surface area (Å²) in [5.74, 6) is 0.214. The van der Waals surface area contributed by atoms with Gasteiger partial charge < -0.3 is 4.74 Å². The van der Waals surface area contributed by atoms with Gasteiger partial charge in [-0.3, -0.25) is 4.72 Å². The Balaban J connectivity index is 1.85. The average Bonchev–Trinajstić information content (AvgIpc) is 2.75. The molecule has 3 rings (SSSR count). The standard InChI is InChI=1S/C21H23N3O5S2/c1-5-30(25,26)21-11-10-18(22-23-21)16-6-8-17(9-7-16)24-31(27,28)20-13-15(3)14(2)12-19(20)29-4/h6-13,24H,5H2,1-4H3. The number of aromatic nitrogens is 2. The molecule has 0 saturated carbocycles. The number of sulfonamides is 1. The molecule has 31 heavy (non-hydrogen) atoms. The molecule has 0 fully saturated rings. The molecule has 1 heterocycles. The Labute approximate surface area is 182 Å². The van der Waals surface area contributed by atoms with Crippen molar-refractivity contribution in [1.82, 2.24) is 10.2 Å². The van der Waals surface area contributed by atoms with E-state index in [1.807, 2.05) is 13.8 Å². The predicted molar refractivity (Wildman–Crippen MR) is 118 cm³/mol. The Bertz CT molecular complexity index is 1300. The van der Waals surface area contributed by atoms with Crippen LogP contribution in [0, 0.1) is 13.8 Å². The first-order valence-corrected chi connectivity index (χ1v) is 12.6. The Kier molecular flexibility index (Phi) is 6.33. The molecule has 2 aromatic carbocycles. The van der Waals surface area contributed by atoms with Crippen LogP contribution >= 0.6 is 0 Å². The fraction of sp³-hybridized carbons (Fsp3) is 0.238. The summed E-state index contributed by atoms with van der Waals surface area (Å²) in [7, 11) is -5.86. The second-order valence-electron chi connectivity index (χ2n) is 6.93. The molecule has 0 atom stereocenters. The van der Waals surface area contributed by atoms with Crippen molar-refractivity contribution in [3.8, 4) is 17.0 Å². The van der Waals surface area contributed by atoms with Crippen LogP contribution in [0.2, 0.25) is 0 Å². The number of sulfone groups is 1. The summed E-state index contributed by atoms with van der Waals surface area (Å²) in [5, 5.41) is 7.68. The number of hydrogen-bond acceptors (Lipinski definition) is 7. The quantitative estimate of drug-likeness (QED) is 0.573. The molecule has 0 amide bonds. The van der Waals surface area contributed by atoms with Gasteiger partial charge in [-0.05, 0) is 61.4 Å². The molecule has 1 aromatic heterocycles. The summed E-state index contributed by atoms with van der Waals surface area (Å²) in [6.45, 7) is 5.26. The SMILES string of the molecule is CCS(=O)(=O)c1ccc(-c2ccc(NS(=O)(=O)c3cc(C)c(C)cc3OC)cc2)nn1. The van der Waals surface area contributed by atoms with Crippen LogP contribution in [0.5, 0.6) is 5.75 Å². The van der Waals surface area contributed by atoms with Crippen LogP contribution in [0.1, 0.15) is 18.1 Å². The van der Waals surface area contributed by atoms with E-state index in [1.165, 1.54) is 20.1 Å². The third kappa shape index (κ3) is 4.86. The highest BCUT2D eigenvalue weighted by atomic mass is 32.2. The van der Waals surface area contributed by atoms with E-state index in [0.29, 0.717) is 16.9 Å².